The van der Waals surface area contributed by atoms with Crippen molar-refractivity contribution < 1.29 is 9.90 Å². The van der Waals surface area contributed by atoms with Crippen LogP contribution in [-0.2, 0) is 4.79 Å². The van der Waals surface area contributed by atoms with Crippen molar-refractivity contribution in [3.8, 4) is 0 Å². The molecule has 3 rings (SSSR count). The van der Waals surface area contributed by atoms with Crippen LogP contribution in [0.5, 0.6) is 0 Å². The lowest BCUT2D eigenvalue weighted by Gasteiger charge is -2.51. The predicted octanol–water partition coefficient (Wildman–Crippen LogP) is 3.23. The van der Waals surface area contributed by atoms with Gasteiger partial charge in [0.2, 0.25) is 0 Å². The number of hydrogen-bond donors (Lipinski definition) is 1. The van der Waals surface area contributed by atoms with Crippen molar-refractivity contribution in [2.24, 2.45) is 16.7 Å². The van der Waals surface area contributed by atoms with Crippen molar-refractivity contribution in [3.05, 3.63) is 12.2 Å². The van der Waals surface area contributed by atoms with E-state index in [-0.39, 0.29) is 16.7 Å². The molecular formula is C13H20O2. The summed E-state index contributed by atoms with van der Waals surface area (Å²) in [6.45, 7) is 4.28. The van der Waals surface area contributed by atoms with Crippen LogP contribution in [0, 0.1) is 16.7 Å². The third-order valence-corrected chi connectivity index (χ3v) is 4.43. The summed E-state index contributed by atoms with van der Waals surface area (Å²) < 4.78 is 0. The first-order valence-electron chi connectivity index (χ1n) is 5.95. The fraction of sp³-hybridized carbons (Fsp3) is 0.769. The highest BCUT2D eigenvalue weighted by Crippen LogP contribution is 2.57. The van der Waals surface area contributed by atoms with Crippen molar-refractivity contribution in [1.29, 1.82) is 0 Å². The van der Waals surface area contributed by atoms with Crippen LogP contribution in [0.15, 0.2) is 12.2 Å². The molecule has 0 heterocycles. The summed E-state index contributed by atoms with van der Waals surface area (Å²) in [5, 5.41) is 9.27. The number of allylic oxidation sites excluding steroid dienone is 2. The smallest absolute Gasteiger partial charge is 0.307 e. The number of aliphatic carboxylic acids is 1. The first-order valence-corrected chi connectivity index (χ1v) is 5.95. The fourth-order valence-electron chi connectivity index (χ4n) is 3.33. The first kappa shape index (κ1) is 10.7. The van der Waals surface area contributed by atoms with Gasteiger partial charge >= 0.3 is 5.97 Å². The summed E-state index contributed by atoms with van der Waals surface area (Å²) >= 11 is 0. The number of hydrogen-bond acceptors (Lipinski definition) is 1. The van der Waals surface area contributed by atoms with Gasteiger partial charge in [0.15, 0.2) is 0 Å². The lowest BCUT2D eigenvalue weighted by Crippen LogP contribution is -2.45. The summed E-state index contributed by atoms with van der Waals surface area (Å²) in [5.74, 6) is -0.773. The molecule has 2 nitrogen and oxygen atoms in total. The van der Waals surface area contributed by atoms with Gasteiger partial charge in [0.25, 0.3) is 0 Å². The molecule has 84 valence electrons. The van der Waals surface area contributed by atoms with Crippen LogP contribution in [-0.4, -0.2) is 11.1 Å². The number of fused-ring (bicyclic) bond motifs is 2. The highest BCUT2D eigenvalue weighted by molar-refractivity contribution is 5.72. The number of carboxylic acids is 1. The first-order chi connectivity index (χ1) is 7.01. The topological polar surface area (TPSA) is 37.3 Å². The molecule has 1 fully saturated rings. The molecule has 0 spiro atoms. The predicted molar refractivity (Wildman–Crippen MR) is 59.6 cm³/mol. The van der Waals surface area contributed by atoms with Gasteiger partial charge in [-0.15, -0.1) is 0 Å². The Kier molecular flexibility index (Phi) is 2.40. The lowest BCUT2D eigenvalue weighted by molar-refractivity contribution is -0.149. The maximum Gasteiger partial charge on any atom is 0.307 e. The van der Waals surface area contributed by atoms with E-state index in [0.717, 1.165) is 25.7 Å². The molecule has 0 aromatic heterocycles. The van der Waals surface area contributed by atoms with E-state index in [2.05, 4.69) is 26.0 Å². The standard InChI is InChI=1S/C13H20O2/c1-3-4-13-7-5-12(2,6-8-13)10(9-13)11(14)15/h5,7,10H,3-4,6,8-9H2,1-2H3,(H,14,15). The number of rotatable bonds is 3. The molecule has 3 aliphatic carbocycles. The highest BCUT2D eigenvalue weighted by atomic mass is 16.4. The van der Waals surface area contributed by atoms with Gasteiger partial charge < -0.3 is 5.11 Å². The Morgan fingerprint density at radius 1 is 1.47 bits per heavy atom. The van der Waals surface area contributed by atoms with Crippen LogP contribution >= 0.6 is 0 Å². The zero-order chi connectivity index (χ0) is 11.1. The van der Waals surface area contributed by atoms with Crippen molar-refractivity contribution in [3.63, 3.8) is 0 Å². The van der Waals surface area contributed by atoms with Gasteiger partial charge in [-0.05, 0) is 36.5 Å². The molecule has 0 aliphatic heterocycles. The van der Waals surface area contributed by atoms with E-state index in [4.69, 9.17) is 0 Å². The molecule has 0 amide bonds. The van der Waals surface area contributed by atoms with E-state index in [1.165, 1.54) is 6.42 Å². The summed E-state index contributed by atoms with van der Waals surface area (Å²) in [6, 6.07) is 0. The highest BCUT2D eigenvalue weighted by Gasteiger charge is 2.50. The molecule has 3 atom stereocenters. The average Bonchev–Trinajstić information content (AvgIpc) is 2.20. The Morgan fingerprint density at radius 3 is 2.67 bits per heavy atom. The van der Waals surface area contributed by atoms with E-state index in [0.29, 0.717) is 0 Å². The van der Waals surface area contributed by atoms with E-state index in [1.807, 2.05) is 0 Å². The van der Waals surface area contributed by atoms with Gasteiger partial charge in [0.05, 0.1) is 5.92 Å². The Balaban J connectivity index is 2.29. The Morgan fingerprint density at radius 2 is 2.20 bits per heavy atom. The maximum absolute atomic E-state index is 11.3. The van der Waals surface area contributed by atoms with E-state index in [9.17, 15) is 9.90 Å². The van der Waals surface area contributed by atoms with E-state index >= 15 is 0 Å². The Hall–Kier alpha value is -0.790. The summed E-state index contributed by atoms with van der Waals surface area (Å²) in [4.78, 5) is 11.3. The second kappa shape index (κ2) is 3.36. The molecule has 2 heteroatoms. The maximum atomic E-state index is 11.3. The van der Waals surface area contributed by atoms with Crippen molar-refractivity contribution in [1.82, 2.24) is 0 Å². The van der Waals surface area contributed by atoms with Gasteiger partial charge in [0, 0.05) is 0 Å². The lowest BCUT2D eigenvalue weighted by atomic mass is 9.53. The molecule has 1 N–H and O–H groups in total. The number of carbonyl (C=O) groups is 1. The monoisotopic (exact) mass is 208 g/mol. The van der Waals surface area contributed by atoms with Gasteiger partial charge in [-0.3, -0.25) is 4.79 Å². The second-order valence-electron chi connectivity index (χ2n) is 5.55. The molecule has 3 aliphatic rings. The molecule has 0 aromatic carbocycles. The summed E-state index contributed by atoms with van der Waals surface area (Å²) in [7, 11) is 0. The fourth-order valence-corrected chi connectivity index (χ4v) is 3.33. The molecular weight excluding hydrogens is 188 g/mol. The van der Waals surface area contributed by atoms with Gasteiger partial charge in [-0.25, -0.2) is 0 Å². The molecule has 3 unspecified atom stereocenters. The zero-order valence-corrected chi connectivity index (χ0v) is 9.62. The van der Waals surface area contributed by atoms with Crippen molar-refractivity contribution in [2.45, 2.75) is 46.0 Å². The minimum atomic E-state index is -0.609. The molecule has 2 bridgehead atoms. The normalized spacial score (nSPS) is 43.2. The molecule has 0 saturated heterocycles. The third-order valence-electron chi connectivity index (χ3n) is 4.43. The average molecular weight is 208 g/mol. The van der Waals surface area contributed by atoms with Gasteiger partial charge in [0.1, 0.15) is 0 Å². The molecule has 1 saturated carbocycles. The van der Waals surface area contributed by atoms with Gasteiger partial charge in [-0.2, -0.15) is 0 Å². The van der Waals surface area contributed by atoms with Crippen molar-refractivity contribution >= 4 is 5.97 Å². The molecule has 15 heavy (non-hydrogen) atoms. The van der Waals surface area contributed by atoms with Crippen LogP contribution in [0.4, 0.5) is 0 Å². The molecule has 0 radical (unpaired) electrons. The minimum absolute atomic E-state index is 0.0820. The minimum Gasteiger partial charge on any atom is -0.481 e. The summed E-state index contributed by atoms with van der Waals surface area (Å²) in [5.41, 5.74) is 0.122. The largest absolute Gasteiger partial charge is 0.481 e. The van der Waals surface area contributed by atoms with E-state index < -0.39 is 5.97 Å². The Bertz CT molecular complexity index is 308. The van der Waals surface area contributed by atoms with Crippen molar-refractivity contribution in [2.75, 3.05) is 0 Å². The third kappa shape index (κ3) is 1.60. The van der Waals surface area contributed by atoms with Crippen LogP contribution in [0.1, 0.15) is 46.0 Å². The second-order valence-corrected chi connectivity index (χ2v) is 5.55. The quantitative estimate of drug-likeness (QED) is 0.723. The van der Waals surface area contributed by atoms with Crippen LogP contribution < -0.4 is 0 Å². The Labute approximate surface area is 91.4 Å². The van der Waals surface area contributed by atoms with Crippen LogP contribution in [0.2, 0.25) is 0 Å². The SMILES string of the molecule is CCCC12C=CC(C)(CC1)C(C(=O)O)C2. The molecule has 0 aromatic rings. The summed E-state index contributed by atoms with van der Waals surface area (Å²) in [6.07, 6.45) is 9.84. The van der Waals surface area contributed by atoms with Crippen LogP contribution in [0.25, 0.3) is 0 Å². The van der Waals surface area contributed by atoms with E-state index in [1.54, 1.807) is 0 Å². The van der Waals surface area contributed by atoms with Crippen LogP contribution in [0.3, 0.4) is 0 Å². The van der Waals surface area contributed by atoms with Gasteiger partial charge in [-0.1, -0.05) is 32.4 Å². The number of carboxylic acid groups (broad SMARTS) is 1. The zero-order valence-electron chi connectivity index (χ0n) is 9.62.